The molecule has 0 fully saturated rings. The van der Waals surface area contributed by atoms with Crippen molar-refractivity contribution >= 4 is 16.9 Å². The lowest BCUT2D eigenvalue weighted by molar-refractivity contribution is -0.172. The molecule has 0 aliphatic carbocycles. The van der Waals surface area contributed by atoms with E-state index in [0.29, 0.717) is 22.3 Å². The molecule has 0 radical (unpaired) electrons. The number of pyridine rings is 2. The second-order valence-corrected chi connectivity index (χ2v) is 7.06. The highest BCUT2D eigenvalue weighted by molar-refractivity contribution is 5.86. The molecular formula is C20H14F2N2O4. The minimum atomic E-state index is -1.91. The number of ether oxygens (including phenoxy) is 1. The van der Waals surface area contributed by atoms with Crippen LogP contribution in [0.3, 0.4) is 0 Å². The summed E-state index contributed by atoms with van der Waals surface area (Å²) in [6.45, 7) is 1.62. The van der Waals surface area contributed by atoms with Gasteiger partial charge in [-0.2, -0.15) is 0 Å². The third-order valence-electron chi connectivity index (χ3n) is 5.55. The number of rotatable bonds is 1. The van der Waals surface area contributed by atoms with Crippen LogP contribution >= 0.6 is 0 Å². The molecule has 6 nitrogen and oxygen atoms in total. The van der Waals surface area contributed by atoms with Crippen molar-refractivity contribution in [2.45, 2.75) is 32.1 Å². The second kappa shape index (κ2) is 5.45. The highest BCUT2D eigenvalue weighted by Gasteiger charge is 2.45. The van der Waals surface area contributed by atoms with Crippen molar-refractivity contribution in [1.29, 1.82) is 0 Å². The zero-order valence-corrected chi connectivity index (χ0v) is 14.8. The lowest BCUT2D eigenvalue weighted by Crippen LogP contribution is -2.44. The van der Waals surface area contributed by atoms with Crippen molar-refractivity contribution in [2.75, 3.05) is 0 Å². The van der Waals surface area contributed by atoms with Crippen LogP contribution in [0.1, 0.15) is 30.0 Å². The predicted octanol–water partition coefficient (Wildman–Crippen LogP) is 2.36. The van der Waals surface area contributed by atoms with Gasteiger partial charge in [0.05, 0.1) is 29.0 Å². The van der Waals surface area contributed by atoms with Crippen molar-refractivity contribution in [3.05, 3.63) is 62.9 Å². The Morgan fingerprint density at radius 2 is 1.96 bits per heavy atom. The monoisotopic (exact) mass is 384 g/mol. The number of aliphatic hydroxyl groups is 1. The Bertz CT molecular complexity index is 1270. The Labute approximate surface area is 157 Å². The third kappa shape index (κ3) is 2.06. The normalized spacial score (nSPS) is 19.9. The van der Waals surface area contributed by atoms with Crippen LogP contribution in [0.25, 0.3) is 22.3 Å². The number of benzene rings is 1. The van der Waals surface area contributed by atoms with Gasteiger partial charge in [-0.15, -0.1) is 0 Å². The molecule has 0 saturated carbocycles. The Morgan fingerprint density at radius 3 is 2.71 bits per heavy atom. The van der Waals surface area contributed by atoms with Crippen LogP contribution in [0.5, 0.6) is 0 Å². The van der Waals surface area contributed by atoms with Crippen molar-refractivity contribution < 1.29 is 23.4 Å². The quantitative estimate of drug-likeness (QED) is 0.510. The maximum atomic E-state index is 13.6. The Kier molecular flexibility index (Phi) is 3.31. The molecule has 2 aromatic heterocycles. The molecular weight excluding hydrogens is 370 g/mol. The zero-order chi connectivity index (χ0) is 19.8. The van der Waals surface area contributed by atoms with E-state index in [1.807, 2.05) is 0 Å². The number of nitrogens with zero attached hydrogens (tertiary/aromatic N) is 2. The van der Waals surface area contributed by atoms with Gasteiger partial charge in [0.15, 0.2) is 17.2 Å². The van der Waals surface area contributed by atoms with Gasteiger partial charge in [-0.1, -0.05) is 6.92 Å². The van der Waals surface area contributed by atoms with E-state index in [4.69, 9.17) is 4.74 Å². The summed E-state index contributed by atoms with van der Waals surface area (Å²) in [6, 6.07) is 5.31. The number of cyclic esters (lactones) is 1. The molecule has 0 amide bonds. The Balaban J connectivity index is 1.80. The van der Waals surface area contributed by atoms with Crippen molar-refractivity contribution in [2.24, 2.45) is 0 Å². The lowest BCUT2D eigenvalue weighted by atomic mass is 9.86. The number of carbonyl (C=O) groups excluding carboxylic acids is 1. The highest BCUT2D eigenvalue weighted by Crippen LogP contribution is 2.38. The number of halogens is 2. The van der Waals surface area contributed by atoms with Gasteiger partial charge in [0.1, 0.15) is 6.61 Å². The van der Waals surface area contributed by atoms with Gasteiger partial charge < -0.3 is 14.4 Å². The van der Waals surface area contributed by atoms with Gasteiger partial charge >= 0.3 is 5.97 Å². The van der Waals surface area contributed by atoms with E-state index < -0.39 is 23.2 Å². The summed E-state index contributed by atoms with van der Waals surface area (Å²) in [5, 5.41) is 11.2. The van der Waals surface area contributed by atoms with Crippen LogP contribution in [0, 0.1) is 11.6 Å². The molecule has 4 heterocycles. The molecule has 0 spiro atoms. The van der Waals surface area contributed by atoms with Gasteiger partial charge in [0.2, 0.25) is 0 Å². The van der Waals surface area contributed by atoms with E-state index >= 15 is 0 Å². The molecule has 142 valence electrons. The molecule has 3 aromatic rings. The average molecular weight is 384 g/mol. The molecule has 1 aromatic carbocycles. The fourth-order valence-corrected chi connectivity index (χ4v) is 3.98. The van der Waals surface area contributed by atoms with Crippen LogP contribution in [-0.4, -0.2) is 20.6 Å². The van der Waals surface area contributed by atoms with Crippen molar-refractivity contribution in [1.82, 2.24) is 9.55 Å². The third-order valence-corrected chi connectivity index (χ3v) is 5.55. The molecule has 1 atom stereocenters. The van der Waals surface area contributed by atoms with Gasteiger partial charge in [0, 0.05) is 22.6 Å². The average Bonchev–Trinajstić information content (AvgIpc) is 3.02. The molecule has 0 bridgehead atoms. The van der Waals surface area contributed by atoms with Crippen LogP contribution < -0.4 is 5.56 Å². The summed E-state index contributed by atoms with van der Waals surface area (Å²) in [4.78, 5) is 29.6. The van der Waals surface area contributed by atoms with Crippen molar-refractivity contribution in [3.63, 3.8) is 0 Å². The summed E-state index contributed by atoms with van der Waals surface area (Å²) >= 11 is 0. The number of hydrogen-bond donors (Lipinski definition) is 1. The van der Waals surface area contributed by atoms with Crippen LogP contribution in [0.15, 0.2) is 29.1 Å². The molecule has 2 aliphatic heterocycles. The highest BCUT2D eigenvalue weighted by atomic mass is 19.2. The standard InChI is InChI=1S/C20H14F2N2O4/c1-2-20(27)12-5-16-17-10(3-9-4-13(21)14(22)6-15(9)23-17)7-24(16)18(25)11(12)8-28-19(20)26/h3-6,27H,2,7-8H2,1H3/t20-/m0/s1. The maximum Gasteiger partial charge on any atom is 0.343 e. The zero-order valence-electron chi connectivity index (χ0n) is 14.8. The SMILES string of the molecule is CC[C@@]1(O)C(=O)OCc2c1cc1n(c2=O)Cc2cc3cc(F)c(F)cc3nc2-1. The number of esters is 1. The maximum absolute atomic E-state index is 13.6. The minimum absolute atomic E-state index is 0.0459. The molecule has 5 rings (SSSR count). The Hall–Kier alpha value is -3.13. The second-order valence-electron chi connectivity index (χ2n) is 7.06. The van der Waals surface area contributed by atoms with Gasteiger partial charge in [-0.05, 0) is 24.6 Å². The van der Waals surface area contributed by atoms with Crippen LogP contribution in [0.4, 0.5) is 8.78 Å². The van der Waals surface area contributed by atoms with Gasteiger partial charge in [0.25, 0.3) is 5.56 Å². The minimum Gasteiger partial charge on any atom is -0.458 e. The molecule has 2 aliphatic rings. The molecule has 1 N–H and O–H groups in total. The van der Waals surface area contributed by atoms with E-state index in [9.17, 15) is 23.5 Å². The van der Waals surface area contributed by atoms with Crippen molar-refractivity contribution in [3.8, 4) is 11.4 Å². The van der Waals surface area contributed by atoms with E-state index in [0.717, 1.165) is 12.1 Å². The van der Waals surface area contributed by atoms with Gasteiger partial charge in [-0.3, -0.25) is 4.79 Å². The first-order chi connectivity index (χ1) is 13.3. The molecule has 0 unspecified atom stereocenters. The summed E-state index contributed by atoms with van der Waals surface area (Å²) in [5.74, 6) is -2.78. The summed E-state index contributed by atoms with van der Waals surface area (Å²) in [6.07, 6.45) is 0.0459. The predicted molar refractivity (Wildman–Crippen MR) is 94.4 cm³/mol. The van der Waals surface area contributed by atoms with E-state index in [1.165, 1.54) is 4.57 Å². The number of carbonyl (C=O) groups is 1. The topological polar surface area (TPSA) is 81.4 Å². The Morgan fingerprint density at radius 1 is 1.21 bits per heavy atom. The largest absolute Gasteiger partial charge is 0.458 e. The fraction of sp³-hybridized carbons (Fsp3) is 0.250. The summed E-state index contributed by atoms with van der Waals surface area (Å²) in [7, 11) is 0. The summed E-state index contributed by atoms with van der Waals surface area (Å²) < 4.78 is 33.7. The number of fused-ring (bicyclic) bond motifs is 5. The first-order valence-corrected chi connectivity index (χ1v) is 8.79. The smallest absolute Gasteiger partial charge is 0.343 e. The van der Waals surface area contributed by atoms with Crippen LogP contribution in [0.2, 0.25) is 0 Å². The molecule has 0 saturated heterocycles. The number of hydrogen-bond acceptors (Lipinski definition) is 5. The van der Waals surface area contributed by atoms with Crippen LogP contribution in [-0.2, 0) is 28.3 Å². The summed E-state index contributed by atoms with van der Waals surface area (Å²) in [5.41, 5.74) is -0.0672. The first kappa shape index (κ1) is 17.0. The first-order valence-electron chi connectivity index (χ1n) is 8.79. The van der Waals surface area contributed by atoms with E-state index in [-0.39, 0.29) is 41.8 Å². The van der Waals surface area contributed by atoms with E-state index in [1.54, 1.807) is 19.1 Å². The molecule has 28 heavy (non-hydrogen) atoms. The van der Waals surface area contributed by atoms with E-state index in [2.05, 4.69) is 4.98 Å². The van der Waals surface area contributed by atoms with Gasteiger partial charge in [-0.25, -0.2) is 18.6 Å². The fourth-order valence-electron chi connectivity index (χ4n) is 3.98. The molecule has 8 heteroatoms. The number of aromatic nitrogens is 2. The lowest BCUT2D eigenvalue weighted by Gasteiger charge is -2.31.